The fourth-order valence-corrected chi connectivity index (χ4v) is 4.82. The molecule has 2 aromatic rings. The summed E-state index contributed by atoms with van der Waals surface area (Å²) in [4.78, 5) is 24.2. The number of benzene rings is 2. The summed E-state index contributed by atoms with van der Waals surface area (Å²) in [7, 11) is -3.88. The van der Waals surface area contributed by atoms with Crippen molar-refractivity contribution in [3.63, 3.8) is 0 Å². The maximum absolute atomic E-state index is 13.0. The summed E-state index contributed by atoms with van der Waals surface area (Å²) in [5.74, 6) is -1.81. The lowest BCUT2D eigenvalue weighted by atomic mass is 10.1. The number of halogens is 2. The molecular weight excluding hydrogens is 447 g/mol. The van der Waals surface area contributed by atoms with E-state index in [9.17, 15) is 22.4 Å². The Morgan fingerprint density at radius 3 is 2.32 bits per heavy atom. The van der Waals surface area contributed by atoms with Crippen LogP contribution in [0.3, 0.4) is 0 Å². The second-order valence-corrected chi connectivity index (χ2v) is 8.96. The lowest BCUT2D eigenvalue weighted by Gasteiger charge is -2.19. The molecule has 0 bridgehead atoms. The third-order valence-corrected chi connectivity index (χ3v) is 7.10. The first-order valence-electron chi connectivity index (χ1n) is 9.61. The van der Waals surface area contributed by atoms with Gasteiger partial charge in [0.1, 0.15) is 10.7 Å². The van der Waals surface area contributed by atoms with E-state index in [-0.39, 0.29) is 34.4 Å². The zero-order valence-electron chi connectivity index (χ0n) is 17.4. The van der Waals surface area contributed by atoms with E-state index >= 15 is 0 Å². The van der Waals surface area contributed by atoms with Crippen LogP contribution in [0.5, 0.6) is 0 Å². The molecule has 10 heteroatoms. The molecule has 0 fully saturated rings. The van der Waals surface area contributed by atoms with Crippen molar-refractivity contribution in [3.05, 3.63) is 64.4 Å². The topological polar surface area (TPSA) is 92.8 Å². The van der Waals surface area contributed by atoms with E-state index < -0.39 is 34.5 Å². The van der Waals surface area contributed by atoms with Gasteiger partial charge in [-0.1, -0.05) is 37.6 Å². The molecule has 2 rings (SSSR count). The molecule has 0 aromatic heterocycles. The maximum Gasteiger partial charge on any atom is 0.338 e. The lowest BCUT2D eigenvalue weighted by molar-refractivity contribution is -0.124. The number of hydrogen-bond acceptors (Lipinski definition) is 5. The van der Waals surface area contributed by atoms with Gasteiger partial charge in [-0.05, 0) is 42.8 Å². The minimum atomic E-state index is -3.88. The van der Waals surface area contributed by atoms with Crippen molar-refractivity contribution >= 4 is 33.5 Å². The summed E-state index contributed by atoms with van der Waals surface area (Å²) >= 11 is 6.05. The quantitative estimate of drug-likeness (QED) is 0.566. The highest BCUT2D eigenvalue weighted by molar-refractivity contribution is 7.89. The standard InChI is InChI=1S/C21H24ClFN2O5S/c1-4-25(5-2)31(28,29)19-12-16(8-11-18(19)22)21(27)30-13-20(26)24-14(3)15-6-9-17(23)10-7-15/h6-12,14H,4-5,13H2,1-3H3,(H,24,26)/t14-/m1/s1. The Kier molecular flexibility index (Phi) is 8.55. The molecule has 0 spiro atoms. The molecule has 0 radical (unpaired) electrons. The smallest absolute Gasteiger partial charge is 0.338 e. The van der Waals surface area contributed by atoms with Gasteiger partial charge < -0.3 is 10.1 Å². The molecule has 1 amide bonds. The molecule has 168 valence electrons. The van der Waals surface area contributed by atoms with Crippen molar-refractivity contribution in [2.45, 2.75) is 31.7 Å². The number of nitrogens with one attached hydrogen (secondary N) is 1. The molecule has 0 aliphatic rings. The van der Waals surface area contributed by atoms with Crippen LogP contribution >= 0.6 is 11.6 Å². The fourth-order valence-electron chi connectivity index (χ4n) is 2.86. The highest BCUT2D eigenvalue weighted by atomic mass is 35.5. The van der Waals surface area contributed by atoms with Crippen molar-refractivity contribution in [3.8, 4) is 0 Å². The van der Waals surface area contributed by atoms with Gasteiger partial charge in [-0.25, -0.2) is 17.6 Å². The van der Waals surface area contributed by atoms with Crippen molar-refractivity contribution in [1.82, 2.24) is 9.62 Å². The van der Waals surface area contributed by atoms with Gasteiger partial charge in [-0.2, -0.15) is 4.31 Å². The molecule has 7 nitrogen and oxygen atoms in total. The number of sulfonamides is 1. The van der Waals surface area contributed by atoms with Gasteiger partial charge in [0, 0.05) is 13.1 Å². The van der Waals surface area contributed by atoms with Gasteiger partial charge in [0.25, 0.3) is 5.91 Å². The summed E-state index contributed by atoms with van der Waals surface area (Å²) in [6, 6.07) is 8.97. The van der Waals surface area contributed by atoms with Crippen LogP contribution in [0.15, 0.2) is 47.4 Å². The van der Waals surface area contributed by atoms with Gasteiger partial charge in [-0.15, -0.1) is 0 Å². The van der Waals surface area contributed by atoms with E-state index in [1.54, 1.807) is 20.8 Å². The van der Waals surface area contributed by atoms with Crippen molar-refractivity contribution < 1.29 is 27.1 Å². The minimum Gasteiger partial charge on any atom is -0.452 e. The first kappa shape index (κ1) is 24.8. The lowest BCUT2D eigenvalue weighted by Crippen LogP contribution is -2.31. The van der Waals surface area contributed by atoms with E-state index in [1.165, 1.54) is 40.7 Å². The van der Waals surface area contributed by atoms with Gasteiger partial charge >= 0.3 is 5.97 Å². The summed E-state index contributed by atoms with van der Waals surface area (Å²) in [6.07, 6.45) is 0. The minimum absolute atomic E-state index is 0.0192. The summed E-state index contributed by atoms with van der Waals surface area (Å²) in [6.45, 7) is 5.02. The van der Waals surface area contributed by atoms with E-state index in [0.29, 0.717) is 5.56 Å². The van der Waals surface area contributed by atoms with E-state index in [4.69, 9.17) is 16.3 Å². The molecule has 0 saturated heterocycles. The molecule has 0 aliphatic carbocycles. The van der Waals surface area contributed by atoms with Crippen LogP contribution in [-0.4, -0.2) is 44.3 Å². The zero-order chi connectivity index (χ0) is 23.2. The molecule has 0 unspecified atom stereocenters. The van der Waals surface area contributed by atoms with Crippen LogP contribution in [0.2, 0.25) is 5.02 Å². The fraction of sp³-hybridized carbons (Fsp3) is 0.333. The Hall–Kier alpha value is -2.49. The maximum atomic E-state index is 13.0. The third kappa shape index (κ3) is 6.25. The second kappa shape index (κ2) is 10.7. The molecule has 0 saturated carbocycles. The van der Waals surface area contributed by atoms with E-state index in [2.05, 4.69) is 5.32 Å². The normalized spacial score (nSPS) is 12.5. The average Bonchev–Trinajstić information content (AvgIpc) is 2.73. The second-order valence-electron chi connectivity index (χ2n) is 6.65. The van der Waals surface area contributed by atoms with Gasteiger partial charge in [-0.3, -0.25) is 4.79 Å². The molecule has 0 aliphatic heterocycles. The van der Waals surface area contributed by atoms with Gasteiger partial charge in [0.2, 0.25) is 10.0 Å². The number of ether oxygens (including phenoxy) is 1. The summed E-state index contributed by atoms with van der Waals surface area (Å²) in [5, 5.41) is 2.62. The zero-order valence-corrected chi connectivity index (χ0v) is 19.0. The van der Waals surface area contributed by atoms with Gasteiger partial charge in [0.05, 0.1) is 16.6 Å². The van der Waals surface area contributed by atoms with Crippen LogP contribution in [0.4, 0.5) is 4.39 Å². The predicted molar refractivity (Wildman–Crippen MR) is 115 cm³/mol. The first-order chi connectivity index (χ1) is 14.6. The van der Waals surface area contributed by atoms with Crippen molar-refractivity contribution in [2.24, 2.45) is 0 Å². The number of hydrogen-bond donors (Lipinski definition) is 1. The van der Waals surface area contributed by atoms with Gasteiger partial charge in [0.15, 0.2) is 6.61 Å². The third-order valence-electron chi connectivity index (χ3n) is 4.57. The number of esters is 1. The average molecular weight is 471 g/mol. The number of nitrogens with zero attached hydrogens (tertiary/aromatic N) is 1. The van der Waals surface area contributed by atoms with Crippen LogP contribution < -0.4 is 5.32 Å². The number of carbonyl (C=O) groups is 2. The summed E-state index contributed by atoms with van der Waals surface area (Å²) < 4.78 is 44.7. The van der Waals surface area contributed by atoms with Crippen LogP contribution in [0, 0.1) is 5.82 Å². The monoisotopic (exact) mass is 470 g/mol. The van der Waals surface area contributed by atoms with Crippen LogP contribution in [-0.2, 0) is 19.6 Å². The largest absolute Gasteiger partial charge is 0.452 e. The van der Waals surface area contributed by atoms with E-state index in [0.717, 1.165) is 6.07 Å². The van der Waals surface area contributed by atoms with Crippen molar-refractivity contribution in [1.29, 1.82) is 0 Å². The van der Waals surface area contributed by atoms with Crippen LogP contribution in [0.25, 0.3) is 0 Å². The Balaban J connectivity index is 2.05. The Morgan fingerprint density at radius 2 is 1.74 bits per heavy atom. The Labute approximate surface area is 186 Å². The highest BCUT2D eigenvalue weighted by Gasteiger charge is 2.26. The molecule has 1 N–H and O–H groups in total. The number of rotatable bonds is 9. The SMILES string of the molecule is CCN(CC)S(=O)(=O)c1cc(C(=O)OCC(=O)N[C@H](C)c2ccc(F)cc2)ccc1Cl. The summed E-state index contributed by atoms with van der Waals surface area (Å²) in [5.41, 5.74) is 0.638. The molecular formula is C21H24ClFN2O5S. The molecule has 0 heterocycles. The Morgan fingerprint density at radius 1 is 1.13 bits per heavy atom. The van der Waals surface area contributed by atoms with Crippen molar-refractivity contribution in [2.75, 3.05) is 19.7 Å². The molecule has 1 atom stereocenters. The molecule has 2 aromatic carbocycles. The van der Waals surface area contributed by atoms with E-state index in [1.807, 2.05) is 0 Å². The molecule has 31 heavy (non-hydrogen) atoms. The number of amides is 1. The predicted octanol–water partition coefficient (Wildman–Crippen LogP) is 3.54. The first-order valence-corrected chi connectivity index (χ1v) is 11.4. The highest BCUT2D eigenvalue weighted by Crippen LogP contribution is 2.26. The number of carbonyl (C=O) groups excluding carboxylic acids is 2. The van der Waals surface area contributed by atoms with Crippen LogP contribution in [0.1, 0.15) is 42.7 Å². The Bertz CT molecular complexity index is 1040.